The molecule has 96 valence electrons. The van der Waals surface area contributed by atoms with Crippen molar-refractivity contribution in [1.82, 2.24) is 4.90 Å². The van der Waals surface area contributed by atoms with Crippen molar-refractivity contribution in [2.45, 2.75) is 25.8 Å². The minimum Gasteiger partial charge on any atom is -0.339 e. The predicted molar refractivity (Wildman–Crippen MR) is 75.4 cm³/mol. The van der Waals surface area contributed by atoms with Crippen molar-refractivity contribution in [3.63, 3.8) is 0 Å². The van der Waals surface area contributed by atoms with Crippen LogP contribution in [0.15, 0.2) is 30.3 Å². The Balaban J connectivity index is 1.97. The summed E-state index contributed by atoms with van der Waals surface area (Å²) < 4.78 is 0. The van der Waals surface area contributed by atoms with E-state index in [1.165, 1.54) is 12.8 Å². The van der Waals surface area contributed by atoms with Crippen LogP contribution in [0.3, 0.4) is 0 Å². The number of amides is 1. The maximum atomic E-state index is 12.0. The SMILES string of the molecule is CC(C1CC1)N(C)C(=O)/C=C/c1cccc(Cl)c1. The van der Waals surface area contributed by atoms with Crippen LogP contribution in [-0.2, 0) is 4.79 Å². The molecule has 1 unspecified atom stereocenters. The highest BCUT2D eigenvalue weighted by Gasteiger charge is 2.31. The first-order chi connectivity index (χ1) is 8.58. The lowest BCUT2D eigenvalue weighted by atomic mass is 10.1. The summed E-state index contributed by atoms with van der Waals surface area (Å²) in [5, 5.41) is 0.685. The Kier molecular flexibility index (Phi) is 4.07. The van der Waals surface area contributed by atoms with E-state index in [2.05, 4.69) is 6.92 Å². The van der Waals surface area contributed by atoms with Crippen LogP contribution in [0.5, 0.6) is 0 Å². The Labute approximate surface area is 113 Å². The number of likely N-dealkylation sites (N-methyl/N-ethyl adjacent to an activating group) is 1. The monoisotopic (exact) mass is 263 g/mol. The van der Waals surface area contributed by atoms with Crippen LogP contribution in [-0.4, -0.2) is 23.9 Å². The highest BCUT2D eigenvalue weighted by atomic mass is 35.5. The van der Waals surface area contributed by atoms with Crippen molar-refractivity contribution in [2.75, 3.05) is 7.05 Å². The lowest BCUT2D eigenvalue weighted by Crippen LogP contribution is -2.35. The lowest BCUT2D eigenvalue weighted by Gasteiger charge is -2.23. The molecule has 0 aromatic heterocycles. The highest BCUT2D eigenvalue weighted by Crippen LogP contribution is 2.34. The molecule has 3 heteroatoms. The van der Waals surface area contributed by atoms with Crippen LogP contribution in [0.1, 0.15) is 25.3 Å². The molecule has 2 nitrogen and oxygen atoms in total. The molecule has 1 aromatic rings. The zero-order valence-corrected chi connectivity index (χ0v) is 11.5. The van der Waals surface area contributed by atoms with Gasteiger partial charge in [0.2, 0.25) is 5.91 Å². The van der Waals surface area contributed by atoms with Crippen LogP contribution in [0, 0.1) is 5.92 Å². The normalized spacial score (nSPS) is 16.8. The van der Waals surface area contributed by atoms with Gasteiger partial charge in [-0.2, -0.15) is 0 Å². The third-order valence-electron chi connectivity index (χ3n) is 3.53. The number of benzene rings is 1. The average Bonchev–Trinajstić information content (AvgIpc) is 3.18. The van der Waals surface area contributed by atoms with Crippen molar-refractivity contribution in [3.8, 4) is 0 Å². The summed E-state index contributed by atoms with van der Waals surface area (Å²) >= 11 is 5.89. The smallest absolute Gasteiger partial charge is 0.246 e. The van der Waals surface area contributed by atoms with Crippen LogP contribution >= 0.6 is 11.6 Å². The number of hydrogen-bond acceptors (Lipinski definition) is 1. The maximum absolute atomic E-state index is 12.0. The van der Waals surface area contributed by atoms with Gasteiger partial charge in [-0.1, -0.05) is 23.7 Å². The van der Waals surface area contributed by atoms with E-state index in [9.17, 15) is 4.79 Å². The van der Waals surface area contributed by atoms with Gasteiger partial charge in [-0.15, -0.1) is 0 Å². The molecule has 1 fully saturated rings. The molecule has 0 bridgehead atoms. The summed E-state index contributed by atoms with van der Waals surface area (Å²) in [4.78, 5) is 13.8. The molecule has 1 saturated carbocycles. The van der Waals surface area contributed by atoms with Gasteiger partial charge in [0.25, 0.3) is 0 Å². The Bertz CT molecular complexity index is 465. The summed E-state index contributed by atoms with van der Waals surface area (Å²) in [7, 11) is 1.87. The predicted octanol–water partition coefficient (Wildman–Crippen LogP) is 3.61. The summed E-state index contributed by atoms with van der Waals surface area (Å²) in [5.74, 6) is 0.743. The first kappa shape index (κ1) is 13.2. The third-order valence-corrected chi connectivity index (χ3v) is 3.76. The van der Waals surface area contributed by atoms with Crippen molar-refractivity contribution < 1.29 is 4.79 Å². The molecule has 0 spiro atoms. The van der Waals surface area contributed by atoms with E-state index in [1.54, 1.807) is 6.08 Å². The first-order valence-corrected chi connectivity index (χ1v) is 6.66. The molecular weight excluding hydrogens is 246 g/mol. The van der Waals surface area contributed by atoms with Crippen LogP contribution in [0.4, 0.5) is 0 Å². The standard InChI is InChI=1S/C15H18ClNO/c1-11(13-7-8-13)17(2)15(18)9-6-12-4-3-5-14(16)10-12/h3-6,9-11,13H,7-8H2,1-2H3/b9-6+. The van der Waals surface area contributed by atoms with Crippen molar-refractivity contribution in [3.05, 3.63) is 40.9 Å². The molecule has 1 atom stereocenters. The Morgan fingerprint density at radius 2 is 2.22 bits per heavy atom. The minimum absolute atomic E-state index is 0.0503. The molecule has 1 aliphatic rings. The van der Waals surface area contributed by atoms with E-state index >= 15 is 0 Å². The summed E-state index contributed by atoms with van der Waals surface area (Å²) in [6.07, 6.45) is 5.92. The topological polar surface area (TPSA) is 20.3 Å². The quantitative estimate of drug-likeness (QED) is 0.760. The summed E-state index contributed by atoms with van der Waals surface area (Å²) in [6.45, 7) is 2.11. The second kappa shape index (κ2) is 5.57. The van der Waals surface area contributed by atoms with Gasteiger partial charge in [0.05, 0.1) is 0 Å². The second-order valence-corrected chi connectivity index (χ2v) is 5.35. The summed E-state index contributed by atoms with van der Waals surface area (Å²) in [6, 6.07) is 7.81. The fourth-order valence-electron chi connectivity index (χ4n) is 1.99. The molecule has 1 aliphatic carbocycles. The second-order valence-electron chi connectivity index (χ2n) is 4.92. The molecule has 0 N–H and O–H groups in total. The first-order valence-electron chi connectivity index (χ1n) is 6.28. The largest absolute Gasteiger partial charge is 0.339 e. The zero-order valence-electron chi connectivity index (χ0n) is 10.8. The van der Waals surface area contributed by atoms with E-state index in [-0.39, 0.29) is 5.91 Å². The van der Waals surface area contributed by atoms with E-state index in [4.69, 9.17) is 11.6 Å². The molecule has 1 amide bonds. The van der Waals surface area contributed by atoms with Crippen molar-refractivity contribution in [2.24, 2.45) is 5.92 Å². The number of halogens is 1. The Morgan fingerprint density at radius 1 is 1.50 bits per heavy atom. The van der Waals surface area contributed by atoms with E-state index in [1.807, 2.05) is 42.3 Å². The molecule has 0 aliphatic heterocycles. The molecular formula is C15H18ClNO. The van der Waals surface area contributed by atoms with E-state index in [0.717, 1.165) is 5.56 Å². The van der Waals surface area contributed by atoms with E-state index < -0.39 is 0 Å². The van der Waals surface area contributed by atoms with Gasteiger partial charge in [-0.3, -0.25) is 4.79 Å². The van der Waals surface area contributed by atoms with Crippen molar-refractivity contribution >= 4 is 23.6 Å². The fraction of sp³-hybridized carbons (Fsp3) is 0.400. The average molecular weight is 264 g/mol. The zero-order chi connectivity index (χ0) is 13.1. The van der Waals surface area contributed by atoms with Crippen molar-refractivity contribution in [1.29, 1.82) is 0 Å². The number of nitrogens with zero attached hydrogens (tertiary/aromatic N) is 1. The number of carbonyl (C=O) groups excluding carboxylic acids is 1. The third kappa shape index (κ3) is 3.36. The van der Waals surface area contributed by atoms with Gasteiger partial charge in [-0.25, -0.2) is 0 Å². The summed E-state index contributed by atoms with van der Waals surface area (Å²) in [5.41, 5.74) is 0.948. The Morgan fingerprint density at radius 3 is 2.83 bits per heavy atom. The number of carbonyl (C=O) groups is 1. The molecule has 0 heterocycles. The highest BCUT2D eigenvalue weighted by molar-refractivity contribution is 6.30. The van der Waals surface area contributed by atoms with Gasteiger partial charge < -0.3 is 4.90 Å². The number of hydrogen-bond donors (Lipinski definition) is 0. The van der Waals surface area contributed by atoms with E-state index in [0.29, 0.717) is 17.0 Å². The molecule has 18 heavy (non-hydrogen) atoms. The fourth-order valence-corrected chi connectivity index (χ4v) is 2.19. The molecule has 0 saturated heterocycles. The molecule has 1 aromatic carbocycles. The molecule has 2 rings (SSSR count). The Hall–Kier alpha value is -1.28. The van der Waals surface area contributed by atoms with Crippen LogP contribution < -0.4 is 0 Å². The van der Waals surface area contributed by atoms with Gasteiger partial charge in [0, 0.05) is 24.2 Å². The van der Waals surface area contributed by atoms with Crippen LogP contribution in [0.25, 0.3) is 6.08 Å². The van der Waals surface area contributed by atoms with Gasteiger partial charge in [-0.05, 0) is 49.5 Å². The minimum atomic E-state index is 0.0503. The number of rotatable bonds is 4. The van der Waals surface area contributed by atoms with Gasteiger partial charge in [0.1, 0.15) is 0 Å². The molecule has 0 radical (unpaired) electrons. The maximum Gasteiger partial charge on any atom is 0.246 e. The lowest BCUT2D eigenvalue weighted by molar-refractivity contribution is -0.126. The van der Waals surface area contributed by atoms with Gasteiger partial charge >= 0.3 is 0 Å². The van der Waals surface area contributed by atoms with Crippen LogP contribution in [0.2, 0.25) is 5.02 Å². The van der Waals surface area contributed by atoms with Gasteiger partial charge in [0.15, 0.2) is 0 Å².